The Morgan fingerprint density at radius 2 is 1.22 bits per heavy atom. The molecule has 0 aliphatic carbocycles. The Bertz CT molecular complexity index is 985. The number of piperidine rings is 1. The van der Waals surface area contributed by atoms with E-state index < -0.39 is 12.2 Å². The van der Waals surface area contributed by atoms with Crippen LogP contribution in [0.15, 0.2) is 91.0 Å². The highest BCUT2D eigenvalue weighted by Crippen LogP contribution is 2.27. The van der Waals surface area contributed by atoms with Crippen LogP contribution < -0.4 is 0 Å². The summed E-state index contributed by atoms with van der Waals surface area (Å²) in [4.78, 5) is 2.33. The minimum Gasteiger partial charge on any atom is -0.389 e. The van der Waals surface area contributed by atoms with Crippen LogP contribution in [-0.4, -0.2) is 54.1 Å². The number of aliphatic hydroxyl groups is 1. The Balaban J connectivity index is 1.52. The molecule has 1 saturated heterocycles. The molecular formula is C31H39NO4. The van der Waals surface area contributed by atoms with Gasteiger partial charge >= 0.3 is 0 Å². The zero-order valence-electron chi connectivity index (χ0n) is 21.2. The second-order valence-electron chi connectivity index (χ2n) is 9.51. The molecule has 3 aromatic carbocycles. The average Bonchev–Trinajstić information content (AvgIpc) is 2.93. The van der Waals surface area contributed by atoms with Crippen molar-refractivity contribution < 1.29 is 19.3 Å². The first-order valence-electron chi connectivity index (χ1n) is 13.1. The van der Waals surface area contributed by atoms with Gasteiger partial charge in [-0.3, -0.25) is 4.90 Å². The number of rotatable bonds is 13. The molecule has 1 fully saturated rings. The number of unbranched alkanes of at least 4 members (excludes halogenated alkanes) is 1. The number of hydrogen-bond acceptors (Lipinski definition) is 5. The number of hydrogen-bond donors (Lipinski definition) is 1. The first-order valence-corrected chi connectivity index (χ1v) is 13.1. The fourth-order valence-electron chi connectivity index (χ4n) is 4.76. The number of nitrogens with zero attached hydrogens (tertiary/aromatic N) is 1. The van der Waals surface area contributed by atoms with Crippen LogP contribution in [0.3, 0.4) is 0 Å². The molecule has 36 heavy (non-hydrogen) atoms. The Hall–Kier alpha value is -2.54. The zero-order chi connectivity index (χ0) is 25.0. The minimum absolute atomic E-state index is 0.0202. The van der Waals surface area contributed by atoms with Gasteiger partial charge < -0.3 is 19.3 Å². The molecule has 0 spiro atoms. The quantitative estimate of drug-likeness (QED) is 0.357. The molecule has 4 atom stereocenters. The molecule has 4 rings (SSSR count). The molecule has 3 aromatic rings. The molecule has 0 aromatic heterocycles. The molecule has 0 bridgehead atoms. The third-order valence-electron chi connectivity index (χ3n) is 6.74. The summed E-state index contributed by atoms with van der Waals surface area (Å²) < 4.78 is 19.2. The first kappa shape index (κ1) is 26.5. The molecule has 1 aliphatic rings. The van der Waals surface area contributed by atoms with Gasteiger partial charge in [0.1, 0.15) is 12.2 Å². The van der Waals surface area contributed by atoms with E-state index in [-0.39, 0.29) is 12.1 Å². The van der Waals surface area contributed by atoms with E-state index in [2.05, 4.69) is 36.1 Å². The zero-order valence-corrected chi connectivity index (χ0v) is 21.2. The van der Waals surface area contributed by atoms with Crippen molar-refractivity contribution in [1.82, 2.24) is 4.90 Å². The van der Waals surface area contributed by atoms with Crippen LogP contribution >= 0.6 is 0 Å². The second-order valence-corrected chi connectivity index (χ2v) is 9.51. The number of β-amino-alcohol motifs (C(OH)–C–C–N with tert-alkyl or cyclic N) is 1. The van der Waals surface area contributed by atoms with Gasteiger partial charge in [0.15, 0.2) is 0 Å². The largest absolute Gasteiger partial charge is 0.389 e. The summed E-state index contributed by atoms with van der Waals surface area (Å²) in [5.74, 6) is 0. The molecule has 0 amide bonds. The molecule has 5 heteroatoms. The van der Waals surface area contributed by atoms with Crippen molar-refractivity contribution in [3.05, 3.63) is 108 Å². The smallest absolute Gasteiger partial charge is 0.113 e. The van der Waals surface area contributed by atoms with E-state index in [0.29, 0.717) is 33.0 Å². The molecule has 0 radical (unpaired) electrons. The van der Waals surface area contributed by atoms with Gasteiger partial charge in [-0.2, -0.15) is 0 Å². The van der Waals surface area contributed by atoms with Crippen LogP contribution in [0.5, 0.6) is 0 Å². The monoisotopic (exact) mass is 489 g/mol. The van der Waals surface area contributed by atoms with Crippen molar-refractivity contribution in [3.8, 4) is 0 Å². The summed E-state index contributed by atoms with van der Waals surface area (Å²) >= 11 is 0. The van der Waals surface area contributed by atoms with E-state index in [9.17, 15) is 5.11 Å². The van der Waals surface area contributed by atoms with E-state index in [4.69, 9.17) is 14.2 Å². The topological polar surface area (TPSA) is 51.2 Å². The van der Waals surface area contributed by atoms with Gasteiger partial charge in [-0.15, -0.1) is 0 Å². The number of aliphatic hydroxyl groups excluding tert-OH is 1. The predicted molar refractivity (Wildman–Crippen MR) is 142 cm³/mol. The van der Waals surface area contributed by atoms with Gasteiger partial charge in [0.2, 0.25) is 0 Å². The van der Waals surface area contributed by atoms with Crippen LogP contribution in [0, 0.1) is 0 Å². The van der Waals surface area contributed by atoms with E-state index in [0.717, 1.165) is 36.1 Å². The van der Waals surface area contributed by atoms with E-state index in [1.807, 2.05) is 66.7 Å². The Morgan fingerprint density at radius 1 is 0.722 bits per heavy atom. The number of benzene rings is 3. The summed E-state index contributed by atoms with van der Waals surface area (Å²) in [6, 6.07) is 30.5. The van der Waals surface area contributed by atoms with Crippen molar-refractivity contribution in [1.29, 1.82) is 0 Å². The minimum atomic E-state index is -0.642. The lowest BCUT2D eigenvalue weighted by Gasteiger charge is -2.47. The summed E-state index contributed by atoms with van der Waals surface area (Å²) in [5, 5.41) is 11.2. The summed E-state index contributed by atoms with van der Waals surface area (Å²) in [7, 11) is 0. The van der Waals surface area contributed by atoms with Gasteiger partial charge in [0, 0.05) is 6.54 Å². The first-order chi connectivity index (χ1) is 17.7. The number of ether oxygens (including phenoxy) is 3. The fourth-order valence-corrected chi connectivity index (χ4v) is 4.76. The lowest BCUT2D eigenvalue weighted by Crippen LogP contribution is -2.64. The molecule has 1 heterocycles. The van der Waals surface area contributed by atoms with Gasteiger partial charge in [0.25, 0.3) is 0 Å². The number of likely N-dealkylation sites (tertiary alicyclic amines) is 1. The van der Waals surface area contributed by atoms with Gasteiger partial charge in [-0.1, -0.05) is 104 Å². The third-order valence-corrected chi connectivity index (χ3v) is 6.74. The maximum Gasteiger partial charge on any atom is 0.113 e. The van der Waals surface area contributed by atoms with Crippen molar-refractivity contribution in [2.45, 2.75) is 63.9 Å². The maximum atomic E-state index is 11.2. The summed E-state index contributed by atoms with van der Waals surface area (Å²) in [5.41, 5.74) is 3.33. The predicted octanol–water partition coefficient (Wildman–Crippen LogP) is 5.22. The Morgan fingerprint density at radius 3 is 1.75 bits per heavy atom. The molecule has 0 saturated carbocycles. The van der Waals surface area contributed by atoms with E-state index in [1.54, 1.807) is 0 Å². The third kappa shape index (κ3) is 7.73. The highest BCUT2D eigenvalue weighted by atomic mass is 16.6. The lowest BCUT2D eigenvalue weighted by atomic mass is 9.93. The Kier molecular flexibility index (Phi) is 10.5. The van der Waals surface area contributed by atoms with Crippen LogP contribution in [0.25, 0.3) is 0 Å². The van der Waals surface area contributed by atoms with E-state index in [1.165, 1.54) is 0 Å². The van der Waals surface area contributed by atoms with Crippen LogP contribution in [0.4, 0.5) is 0 Å². The molecule has 1 N–H and O–H groups in total. The van der Waals surface area contributed by atoms with Crippen LogP contribution in [0.1, 0.15) is 36.5 Å². The van der Waals surface area contributed by atoms with Crippen molar-refractivity contribution in [2.75, 3.05) is 19.7 Å². The maximum absolute atomic E-state index is 11.2. The highest BCUT2D eigenvalue weighted by Gasteiger charge is 2.44. The van der Waals surface area contributed by atoms with Crippen molar-refractivity contribution in [3.63, 3.8) is 0 Å². The average molecular weight is 490 g/mol. The Labute approximate surface area is 215 Å². The van der Waals surface area contributed by atoms with Crippen LogP contribution in [0.2, 0.25) is 0 Å². The SMILES string of the molecule is CCCCN1CC(O)C(OCc2ccccc2)C(OCc2ccccc2)C1COCc1ccccc1. The second kappa shape index (κ2) is 14.3. The van der Waals surface area contributed by atoms with Gasteiger partial charge in [-0.05, 0) is 29.7 Å². The molecular weight excluding hydrogens is 450 g/mol. The lowest BCUT2D eigenvalue weighted by molar-refractivity contribution is -0.196. The van der Waals surface area contributed by atoms with E-state index >= 15 is 0 Å². The summed E-state index contributed by atoms with van der Waals surface area (Å²) in [6.45, 7) is 5.57. The molecule has 5 nitrogen and oxygen atoms in total. The standard InChI is InChI=1S/C31H39NO4/c1-2-3-19-32-20-29(33)31(36-23-27-17-11-6-12-18-27)30(35-22-26-15-9-5-10-16-26)28(32)24-34-21-25-13-7-4-8-14-25/h4-18,28-31,33H,2-3,19-24H2,1H3. The fraction of sp³-hybridized carbons (Fsp3) is 0.419. The molecule has 4 unspecified atom stereocenters. The van der Waals surface area contributed by atoms with Gasteiger partial charge in [-0.25, -0.2) is 0 Å². The van der Waals surface area contributed by atoms with Crippen LogP contribution in [-0.2, 0) is 34.0 Å². The molecule has 1 aliphatic heterocycles. The van der Waals surface area contributed by atoms with Crippen molar-refractivity contribution in [2.24, 2.45) is 0 Å². The normalized spacial score (nSPS) is 22.5. The highest BCUT2D eigenvalue weighted by molar-refractivity contribution is 5.15. The summed E-state index contributed by atoms with van der Waals surface area (Å²) in [6.07, 6.45) is 0.732. The molecule has 192 valence electrons. The van der Waals surface area contributed by atoms with Gasteiger partial charge in [0.05, 0.1) is 38.6 Å². The van der Waals surface area contributed by atoms with Crippen molar-refractivity contribution >= 4 is 0 Å².